The van der Waals surface area contributed by atoms with Crippen LogP contribution in [0.15, 0.2) is 49.1 Å². The van der Waals surface area contributed by atoms with Gasteiger partial charge < -0.3 is 10.2 Å². The normalized spacial score (nSPS) is 14.9. The second-order valence-electron chi connectivity index (χ2n) is 7.89. The average Bonchev–Trinajstić information content (AvgIpc) is 3.44. The summed E-state index contributed by atoms with van der Waals surface area (Å²) in [4.78, 5) is 10.7. The van der Waals surface area contributed by atoms with E-state index in [2.05, 4.69) is 32.3 Å². The van der Waals surface area contributed by atoms with Gasteiger partial charge in [-0.05, 0) is 56.6 Å². The summed E-state index contributed by atoms with van der Waals surface area (Å²) >= 11 is 12.6. The molecule has 1 N–H and O–H groups in total. The fourth-order valence-corrected chi connectivity index (χ4v) is 4.46. The van der Waals surface area contributed by atoms with Gasteiger partial charge in [0.25, 0.3) is 0 Å². The van der Waals surface area contributed by atoms with Crippen LogP contribution in [-0.4, -0.2) is 32.6 Å². The first-order valence-electron chi connectivity index (χ1n) is 10.4. The molecule has 31 heavy (non-hydrogen) atoms. The molecular weight excluding hydrogens is 433 g/mol. The number of halogens is 2. The Labute approximate surface area is 190 Å². The lowest BCUT2D eigenvalue weighted by Gasteiger charge is -2.22. The molecule has 1 saturated heterocycles. The Morgan fingerprint density at radius 1 is 1.13 bits per heavy atom. The number of benzene rings is 1. The summed E-state index contributed by atoms with van der Waals surface area (Å²) in [6, 6.07) is 8.21. The number of pyridine rings is 1. The van der Waals surface area contributed by atoms with Gasteiger partial charge >= 0.3 is 0 Å². The van der Waals surface area contributed by atoms with Gasteiger partial charge in [0.15, 0.2) is 0 Å². The maximum absolute atomic E-state index is 6.38. The topological polar surface area (TPSA) is 56.9 Å². The molecule has 4 aromatic rings. The second kappa shape index (κ2) is 8.54. The summed E-state index contributed by atoms with van der Waals surface area (Å²) in [5, 5.41) is 9.06. The molecule has 0 bridgehead atoms. The molecule has 0 amide bonds. The van der Waals surface area contributed by atoms with Gasteiger partial charge in [0.2, 0.25) is 0 Å². The third kappa shape index (κ3) is 4.03. The van der Waals surface area contributed by atoms with Crippen LogP contribution in [0, 0.1) is 6.92 Å². The second-order valence-corrected chi connectivity index (χ2v) is 8.68. The van der Waals surface area contributed by atoms with E-state index in [0.29, 0.717) is 22.7 Å². The Hall–Kier alpha value is -2.54. The molecule has 1 aromatic carbocycles. The van der Waals surface area contributed by atoms with E-state index in [9.17, 15) is 0 Å². The molecular formula is C23H23Cl2N5O. The highest BCUT2D eigenvalue weighted by atomic mass is 35.5. The van der Waals surface area contributed by atoms with Crippen LogP contribution in [-0.2, 0) is 6.61 Å². The van der Waals surface area contributed by atoms with Gasteiger partial charge in [0.05, 0.1) is 27.8 Å². The van der Waals surface area contributed by atoms with E-state index in [1.54, 1.807) is 10.8 Å². The molecule has 3 aromatic heterocycles. The zero-order chi connectivity index (χ0) is 21.4. The van der Waals surface area contributed by atoms with Crippen molar-refractivity contribution in [3.63, 3.8) is 0 Å². The molecule has 0 atom stereocenters. The molecule has 1 fully saturated rings. The van der Waals surface area contributed by atoms with E-state index in [-0.39, 0.29) is 0 Å². The third-order valence-corrected chi connectivity index (χ3v) is 6.74. The molecule has 0 aliphatic carbocycles. The molecule has 0 unspecified atom stereocenters. The van der Waals surface area contributed by atoms with Gasteiger partial charge in [-0.3, -0.25) is 9.67 Å². The van der Waals surface area contributed by atoms with E-state index in [1.165, 1.54) is 0 Å². The highest BCUT2D eigenvalue weighted by molar-refractivity contribution is 6.42. The number of aromatic nitrogens is 4. The average molecular weight is 456 g/mol. The molecule has 1 aliphatic heterocycles. The van der Waals surface area contributed by atoms with E-state index >= 15 is 0 Å². The number of hydrogen-bond donors (Lipinski definition) is 1. The summed E-state index contributed by atoms with van der Waals surface area (Å²) in [7, 11) is 0. The van der Waals surface area contributed by atoms with Crippen molar-refractivity contribution in [2.75, 3.05) is 13.1 Å². The highest BCUT2D eigenvalue weighted by Gasteiger charge is 2.17. The number of nitrogens with one attached hydrogen (secondary N) is 1. The summed E-state index contributed by atoms with van der Waals surface area (Å²) in [6.07, 6.45) is 9.97. The first-order valence-corrected chi connectivity index (χ1v) is 11.1. The van der Waals surface area contributed by atoms with Crippen molar-refractivity contribution >= 4 is 34.2 Å². The Morgan fingerprint density at radius 2 is 1.97 bits per heavy atom. The molecule has 0 spiro atoms. The van der Waals surface area contributed by atoms with Crippen molar-refractivity contribution in [2.45, 2.75) is 32.4 Å². The molecule has 160 valence electrons. The maximum atomic E-state index is 6.38. The van der Waals surface area contributed by atoms with Gasteiger partial charge in [-0.2, -0.15) is 9.83 Å². The lowest BCUT2D eigenvalue weighted by molar-refractivity contribution is 0.107. The van der Waals surface area contributed by atoms with Gasteiger partial charge in [-0.15, -0.1) is 0 Å². The number of aryl methyl sites for hydroxylation is 1. The van der Waals surface area contributed by atoms with Crippen molar-refractivity contribution in [1.29, 1.82) is 0 Å². The smallest absolute Gasteiger partial charge is 0.141 e. The Balaban J connectivity index is 1.40. The standard InChI is InChI=1S/C23H23Cl2N5O/c1-15-2-3-20(24)23(25)19(15)14-31-30-9-6-21-22(30)10-16(11-27-21)17-12-28-29(13-17)18-4-7-26-8-5-18/h2-3,6,9-13,18,26H,4-5,7-8,14H2,1H3. The van der Waals surface area contributed by atoms with E-state index in [0.717, 1.165) is 59.2 Å². The lowest BCUT2D eigenvalue weighted by atomic mass is 10.1. The van der Waals surface area contributed by atoms with E-state index in [1.807, 2.05) is 37.6 Å². The highest BCUT2D eigenvalue weighted by Crippen LogP contribution is 2.29. The van der Waals surface area contributed by atoms with Crippen LogP contribution in [0.3, 0.4) is 0 Å². The van der Waals surface area contributed by atoms with Crippen LogP contribution in [0.2, 0.25) is 10.0 Å². The first-order chi connectivity index (χ1) is 15.1. The van der Waals surface area contributed by atoms with Gasteiger partial charge in [-0.1, -0.05) is 29.3 Å². The predicted octanol–water partition coefficient (Wildman–Crippen LogP) is 5.07. The fourth-order valence-electron chi connectivity index (χ4n) is 4.02. The number of hydrogen-bond acceptors (Lipinski definition) is 4. The van der Waals surface area contributed by atoms with Crippen molar-refractivity contribution in [1.82, 2.24) is 24.8 Å². The van der Waals surface area contributed by atoms with Crippen LogP contribution < -0.4 is 10.2 Å². The third-order valence-electron chi connectivity index (χ3n) is 5.90. The monoisotopic (exact) mass is 455 g/mol. The summed E-state index contributed by atoms with van der Waals surface area (Å²) in [5.74, 6) is 0. The van der Waals surface area contributed by atoms with E-state index < -0.39 is 0 Å². The van der Waals surface area contributed by atoms with Crippen LogP contribution in [0.4, 0.5) is 0 Å². The van der Waals surface area contributed by atoms with Crippen LogP contribution in [0.1, 0.15) is 30.0 Å². The number of fused-ring (bicyclic) bond motifs is 1. The quantitative estimate of drug-likeness (QED) is 0.456. The Morgan fingerprint density at radius 3 is 2.81 bits per heavy atom. The zero-order valence-electron chi connectivity index (χ0n) is 17.2. The molecule has 8 heteroatoms. The first kappa shape index (κ1) is 20.4. The van der Waals surface area contributed by atoms with Crippen molar-refractivity contribution in [2.24, 2.45) is 0 Å². The SMILES string of the molecule is Cc1ccc(Cl)c(Cl)c1COn1ccc2ncc(-c3cnn(C4CCNCC4)c3)cc21. The van der Waals surface area contributed by atoms with Gasteiger partial charge in [-0.25, -0.2) is 0 Å². The van der Waals surface area contributed by atoms with Crippen molar-refractivity contribution in [3.8, 4) is 11.1 Å². The predicted molar refractivity (Wildman–Crippen MR) is 124 cm³/mol. The van der Waals surface area contributed by atoms with E-state index in [4.69, 9.17) is 28.0 Å². The van der Waals surface area contributed by atoms with Crippen LogP contribution >= 0.6 is 23.2 Å². The maximum Gasteiger partial charge on any atom is 0.141 e. The lowest BCUT2D eigenvalue weighted by Crippen LogP contribution is -2.29. The number of nitrogens with zero attached hydrogens (tertiary/aromatic N) is 4. The number of piperidine rings is 1. The van der Waals surface area contributed by atoms with Crippen molar-refractivity contribution < 1.29 is 4.84 Å². The fraction of sp³-hybridized carbons (Fsp3) is 0.304. The summed E-state index contributed by atoms with van der Waals surface area (Å²) < 4.78 is 3.82. The molecule has 4 heterocycles. The minimum atomic E-state index is 0.312. The van der Waals surface area contributed by atoms with Crippen LogP contribution in [0.25, 0.3) is 22.2 Å². The molecule has 1 aliphatic rings. The molecule has 5 rings (SSSR count). The van der Waals surface area contributed by atoms with Crippen molar-refractivity contribution in [3.05, 3.63) is 70.2 Å². The Bertz CT molecular complexity index is 1230. The summed E-state index contributed by atoms with van der Waals surface area (Å²) in [5.41, 5.74) is 5.73. The van der Waals surface area contributed by atoms with Gasteiger partial charge in [0.1, 0.15) is 12.1 Å². The minimum Gasteiger partial charge on any atom is -0.409 e. The molecule has 0 radical (unpaired) electrons. The summed E-state index contributed by atoms with van der Waals surface area (Å²) in [6.45, 7) is 4.38. The largest absolute Gasteiger partial charge is 0.409 e. The minimum absolute atomic E-state index is 0.312. The zero-order valence-corrected chi connectivity index (χ0v) is 18.7. The molecule has 0 saturated carbocycles. The number of rotatable bonds is 5. The van der Waals surface area contributed by atoms with Crippen LogP contribution in [0.5, 0.6) is 0 Å². The Kier molecular flexibility index (Phi) is 5.61. The van der Waals surface area contributed by atoms with Gasteiger partial charge in [0, 0.05) is 35.3 Å². The molecule has 6 nitrogen and oxygen atoms in total.